The van der Waals surface area contributed by atoms with Crippen LogP contribution in [0.25, 0.3) is 10.9 Å². The maximum absolute atomic E-state index is 13.1. The van der Waals surface area contributed by atoms with E-state index in [1.54, 1.807) is 34.2 Å². The first kappa shape index (κ1) is 20.8. The molecule has 2 amide bonds. The van der Waals surface area contributed by atoms with Gasteiger partial charge in [-0.25, -0.2) is 4.98 Å². The van der Waals surface area contributed by atoms with Crippen molar-refractivity contribution < 1.29 is 9.59 Å². The van der Waals surface area contributed by atoms with Crippen LogP contribution in [0.5, 0.6) is 0 Å². The van der Waals surface area contributed by atoms with E-state index in [1.807, 2.05) is 36.4 Å². The minimum Gasteiger partial charge on any atom is -0.366 e. The van der Waals surface area contributed by atoms with Crippen LogP contribution in [0, 0.1) is 0 Å². The van der Waals surface area contributed by atoms with Gasteiger partial charge in [0.25, 0.3) is 11.5 Å². The molecule has 0 atom stereocenters. The molecule has 0 spiro atoms. The highest BCUT2D eigenvalue weighted by molar-refractivity contribution is 7.99. The van der Waals surface area contributed by atoms with Gasteiger partial charge in [0.1, 0.15) is 5.00 Å². The molecule has 0 unspecified atom stereocenters. The second kappa shape index (κ2) is 9.15. The first-order valence-corrected chi connectivity index (χ1v) is 11.2. The van der Waals surface area contributed by atoms with Crippen LogP contribution in [0.4, 0.5) is 5.00 Å². The molecule has 7 nitrogen and oxygen atoms in total. The summed E-state index contributed by atoms with van der Waals surface area (Å²) in [5, 5.41) is 5.77. The van der Waals surface area contributed by atoms with E-state index in [-0.39, 0.29) is 22.8 Å². The number of fused-ring (bicyclic) bond motifs is 1. The molecule has 31 heavy (non-hydrogen) atoms. The molecule has 0 aliphatic rings. The minimum atomic E-state index is -0.600. The lowest BCUT2D eigenvalue weighted by Crippen LogP contribution is -2.25. The summed E-state index contributed by atoms with van der Waals surface area (Å²) in [6.45, 7) is 0.345. The number of thiophene rings is 1. The van der Waals surface area contributed by atoms with Crippen molar-refractivity contribution in [1.29, 1.82) is 0 Å². The molecule has 0 radical (unpaired) electrons. The number of carbonyl (C=O) groups is 2. The standard InChI is InChI=1S/C22H18N4O3S2/c23-19(28)16-10-11-30-20(16)25-18(27)13-31-22-24-17-9-5-4-8-15(17)21(29)26(22)12-14-6-2-1-3-7-14/h1-11H,12-13H2,(H2,23,28)(H,25,27). The molecule has 4 aromatic rings. The van der Waals surface area contributed by atoms with Gasteiger partial charge in [-0.3, -0.25) is 19.0 Å². The van der Waals surface area contributed by atoms with E-state index < -0.39 is 5.91 Å². The zero-order valence-electron chi connectivity index (χ0n) is 16.3. The summed E-state index contributed by atoms with van der Waals surface area (Å²) in [6, 6.07) is 18.3. The smallest absolute Gasteiger partial charge is 0.262 e. The van der Waals surface area contributed by atoms with Crippen LogP contribution < -0.4 is 16.6 Å². The lowest BCUT2D eigenvalue weighted by atomic mass is 10.2. The van der Waals surface area contributed by atoms with Gasteiger partial charge in [-0.15, -0.1) is 11.3 Å². The second-order valence-electron chi connectivity index (χ2n) is 6.65. The van der Waals surface area contributed by atoms with Crippen molar-refractivity contribution >= 4 is 50.8 Å². The van der Waals surface area contributed by atoms with E-state index in [9.17, 15) is 14.4 Å². The molecule has 4 rings (SSSR count). The van der Waals surface area contributed by atoms with Crippen molar-refractivity contribution in [2.24, 2.45) is 5.73 Å². The Hall–Kier alpha value is -3.43. The Morgan fingerprint density at radius 3 is 2.58 bits per heavy atom. The number of hydrogen-bond donors (Lipinski definition) is 2. The second-order valence-corrected chi connectivity index (χ2v) is 8.51. The molecule has 2 aromatic carbocycles. The van der Waals surface area contributed by atoms with Gasteiger partial charge in [-0.2, -0.15) is 0 Å². The Balaban J connectivity index is 1.60. The summed E-state index contributed by atoms with van der Waals surface area (Å²) < 4.78 is 1.58. The average Bonchev–Trinajstić information content (AvgIpc) is 3.24. The van der Waals surface area contributed by atoms with Gasteiger partial charge in [0, 0.05) is 0 Å². The summed E-state index contributed by atoms with van der Waals surface area (Å²) in [4.78, 5) is 41.7. The Bertz CT molecular complexity index is 1320. The van der Waals surface area contributed by atoms with Crippen molar-refractivity contribution in [3.63, 3.8) is 0 Å². The topological polar surface area (TPSA) is 107 Å². The fraction of sp³-hybridized carbons (Fsp3) is 0.0909. The predicted molar refractivity (Wildman–Crippen MR) is 124 cm³/mol. The van der Waals surface area contributed by atoms with Gasteiger partial charge in [0.05, 0.1) is 28.8 Å². The number of thioether (sulfide) groups is 1. The van der Waals surface area contributed by atoms with Gasteiger partial charge in [0.2, 0.25) is 5.91 Å². The maximum atomic E-state index is 13.1. The molecule has 2 aromatic heterocycles. The van der Waals surface area contributed by atoms with Crippen LogP contribution in [-0.2, 0) is 11.3 Å². The lowest BCUT2D eigenvalue weighted by molar-refractivity contribution is -0.113. The van der Waals surface area contributed by atoms with Gasteiger partial charge in [-0.1, -0.05) is 54.2 Å². The van der Waals surface area contributed by atoms with Gasteiger partial charge < -0.3 is 11.1 Å². The highest BCUT2D eigenvalue weighted by atomic mass is 32.2. The average molecular weight is 451 g/mol. The van der Waals surface area contributed by atoms with Crippen molar-refractivity contribution in [2.45, 2.75) is 11.7 Å². The quantitative estimate of drug-likeness (QED) is 0.332. The molecular weight excluding hydrogens is 432 g/mol. The van der Waals surface area contributed by atoms with E-state index >= 15 is 0 Å². The third-order valence-corrected chi connectivity index (χ3v) is 6.33. The van der Waals surface area contributed by atoms with Gasteiger partial charge >= 0.3 is 0 Å². The van der Waals surface area contributed by atoms with Crippen LogP contribution >= 0.6 is 23.1 Å². The van der Waals surface area contributed by atoms with E-state index in [4.69, 9.17) is 5.73 Å². The van der Waals surface area contributed by atoms with Gasteiger partial charge in [0.15, 0.2) is 5.16 Å². The highest BCUT2D eigenvalue weighted by Gasteiger charge is 2.16. The van der Waals surface area contributed by atoms with Gasteiger partial charge in [-0.05, 0) is 29.1 Å². The van der Waals surface area contributed by atoms with Crippen LogP contribution in [-0.4, -0.2) is 27.1 Å². The fourth-order valence-electron chi connectivity index (χ4n) is 3.06. The molecule has 0 fully saturated rings. The van der Waals surface area contributed by atoms with Crippen LogP contribution in [0.15, 0.2) is 76.0 Å². The lowest BCUT2D eigenvalue weighted by Gasteiger charge is -2.13. The number of para-hydroxylation sites is 1. The van der Waals surface area contributed by atoms with Crippen LogP contribution in [0.3, 0.4) is 0 Å². The molecule has 0 saturated carbocycles. The van der Waals surface area contributed by atoms with Crippen LogP contribution in [0.1, 0.15) is 15.9 Å². The van der Waals surface area contributed by atoms with Crippen molar-refractivity contribution in [1.82, 2.24) is 9.55 Å². The molecule has 3 N–H and O–H groups in total. The zero-order chi connectivity index (χ0) is 21.8. The highest BCUT2D eigenvalue weighted by Crippen LogP contribution is 2.24. The molecule has 0 saturated heterocycles. The number of aromatic nitrogens is 2. The Labute approximate surface area is 185 Å². The van der Waals surface area contributed by atoms with Crippen molar-refractivity contribution in [2.75, 3.05) is 11.1 Å². The first-order valence-electron chi connectivity index (χ1n) is 9.36. The number of hydrogen-bond acceptors (Lipinski definition) is 6. The van der Waals surface area contributed by atoms with E-state index in [1.165, 1.54) is 23.1 Å². The molecule has 2 heterocycles. The summed E-state index contributed by atoms with van der Waals surface area (Å²) >= 11 is 2.39. The molecule has 9 heteroatoms. The van der Waals surface area contributed by atoms with E-state index in [2.05, 4.69) is 10.3 Å². The predicted octanol–water partition coefficient (Wildman–Crippen LogP) is 3.34. The number of rotatable bonds is 7. The monoisotopic (exact) mass is 450 g/mol. The summed E-state index contributed by atoms with van der Waals surface area (Å²) in [5.74, 6) is -0.893. The Morgan fingerprint density at radius 2 is 1.81 bits per heavy atom. The zero-order valence-corrected chi connectivity index (χ0v) is 17.9. The van der Waals surface area contributed by atoms with Crippen molar-refractivity contribution in [3.8, 4) is 0 Å². The number of primary amides is 1. The maximum Gasteiger partial charge on any atom is 0.262 e. The SMILES string of the molecule is NC(=O)c1ccsc1NC(=O)CSc1nc2ccccc2c(=O)n1Cc1ccccc1. The molecule has 0 aliphatic heterocycles. The number of nitrogens with zero attached hydrogens (tertiary/aromatic N) is 2. The van der Waals surface area contributed by atoms with E-state index in [0.717, 1.165) is 5.56 Å². The molecule has 156 valence electrons. The summed E-state index contributed by atoms with van der Waals surface area (Å²) in [5.41, 5.74) is 6.97. The number of anilines is 1. The number of benzene rings is 2. The Morgan fingerprint density at radius 1 is 1.06 bits per heavy atom. The fourth-order valence-corrected chi connectivity index (χ4v) is 4.66. The minimum absolute atomic E-state index is 0.0235. The molecule has 0 bridgehead atoms. The third kappa shape index (κ3) is 4.68. The van der Waals surface area contributed by atoms with E-state index in [0.29, 0.717) is 27.6 Å². The number of nitrogens with two attached hydrogens (primary N) is 1. The van der Waals surface area contributed by atoms with Crippen molar-refractivity contribution in [3.05, 3.63) is 87.5 Å². The largest absolute Gasteiger partial charge is 0.366 e. The number of amides is 2. The Kier molecular flexibility index (Phi) is 6.15. The van der Waals surface area contributed by atoms with Crippen LogP contribution in [0.2, 0.25) is 0 Å². The normalized spacial score (nSPS) is 10.8. The number of nitrogens with one attached hydrogen (secondary N) is 1. The number of carbonyl (C=O) groups excluding carboxylic acids is 2. The summed E-state index contributed by atoms with van der Waals surface area (Å²) in [6.07, 6.45) is 0. The molecular formula is C22H18N4O3S2. The third-order valence-electron chi connectivity index (χ3n) is 4.53. The molecule has 0 aliphatic carbocycles. The first-order chi connectivity index (χ1) is 15.0. The summed E-state index contributed by atoms with van der Waals surface area (Å²) in [7, 11) is 0.